The lowest BCUT2D eigenvalue weighted by Crippen LogP contribution is -2.15. The molecule has 1 aromatic heterocycles. The topological polar surface area (TPSA) is 77.8 Å². The Labute approximate surface area is 170 Å². The van der Waals surface area contributed by atoms with E-state index >= 15 is 0 Å². The second-order valence-corrected chi connectivity index (χ2v) is 6.34. The fourth-order valence-corrected chi connectivity index (χ4v) is 3.13. The smallest absolute Gasteiger partial charge is 0.379 e. The number of nitrogens with zero attached hydrogens (tertiary/aromatic N) is 1. The predicted molar refractivity (Wildman–Crippen MR) is 106 cm³/mol. The van der Waals surface area contributed by atoms with E-state index in [0.717, 1.165) is 18.2 Å². The van der Waals surface area contributed by atoms with Crippen molar-refractivity contribution in [1.82, 2.24) is 4.57 Å². The number of carbonyl (C=O) groups excluding carboxylic acids is 2. The molecule has 0 aliphatic heterocycles. The first-order valence-corrected chi connectivity index (χ1v) is 9.08. The number of hydrogen-bond acceptors (Lipinski definition) is 5. The number of rotatable bonds is 7. The molecule has 0 atom stereocenters. The molecule has 0 saturated heterocycles. The van der Waals surface area contributed by atoms with Crippen molar-refractivity contribution in [2.45, 2.75) is 13.5 Å². The molecule has 30 heavy (non-hydrogen) atoms. The van der Waals surface area contributed by atoms with Crippen LogP contribution in [0.1, 0.15) is 18.1 Å². The highest BCUT2D eigenvalue weighted by molar-refractivity contribution is 6.39. The molecule has 0 amide bonds. The normalized spacial score (nSPS) is 11.5. The Hall–Kier alpha value is -3.68. The van der Waals surface area contributed by atoms with Gasteiger partial charge in [0.1, 0.15) is 23.1 Å². The maximum atomic E-state index is 14.1. The van der Waals surface area contributed by atoms with E-state index in [1.807, 2.05) is 0 Å². The Bertz CT molecular complexity index is 1130. The molecule has 6 nitrogen and oxygen atoms in total. The highest BCUT2D eigenvalue weighted by Crippen LogP contribution is 2.34. The van der Waals surface area contributed by atoms with Crippen molar-refractivity contribution < 1.29 is 33.0 Å². The van der Waals surface area contributed by atoms with Crippen LogP contribution in [-0.2, 0) is 20.9 Å². The first-order chi connectivity index (χ1) is 14.4. The molecule has 1 heterocycles. The number of ketones is 1. The van der Waals surface area contributed by atoms with Gasteiger partial charge in [0.15, 0.2) is 0 Å². The zero-order valence-electron chi connectivity index (χ0n) is 16.3. The van der Waals surface area contributed by atoms with Crippen molar-refractivity contribution in [3.8, 4) is 5.75 Å². The van der Waals surface area contributed by atoms with Crippen LogP contribution in [0.5, 0.6) is 5.75 Å². The van der Waals surface area contributed by atoms with Gasteiger partial charge < -0.3 is 19.1 Å². The largest absolute Gasteiger partial charge is 0.507 e. The Kier molecular flexibility index (Phi) is 6.15. The van der Waals surface area contributed by atoms with Crippen LogP contribution in [0.4, 0.5) is 8.78 Å². The first-order valence-electron chi connectivity index (χ1n) is 9.08. The summed E-state index contributed by atoms with van der Waals surface area (Å²) >= 11 is 0. The van der Waals surface area contributed by atoms with Crippen molar-refractivity contribution in [1.29, 1.82) is 0 Å². The maximum absolute atomic E-state index is 14.1. The van der Waals surface area contributed by atoms with Gasteiger partial charge in [-0.2, -0.15) is 0 Å². The highest BCUT2D eigenvalue weighted by Gasteiger charge is 2.20. The number of aromatic nitrogens is 1. The second kappa shape index (κ2) is 8.77. The predicted octanol–water partition coefficient (Wildman–Crippen LogP) is 4.01. The minimum absolute atomic E-state index is 0.0144. The molecule has 0 radical (unpaired) electrons. The summed E-state index contributed by atoms with van der Waals surface area (Å²) in [6.45, 7) is 1.40. The van der Waals surface area contributed by atoms with Gasteiger partial charge in [-0.25, -0.2) is 13.6 Å². The van der Waals surface area contributed by atoms with E-state index in [9.17, 15) is 23.5 Å². The summed E-state index contributed by atoms with van der Waals surface area (Å²) in [7, 11) is 1.43. The molecular formula is C22H19F2NO5. The number of ether oxygens (including phenoxy) is 2. The molecule has 0 bridgehead atoms. The van der Waals surface area contributed by atoms with Crippen molar-refractivity contribution in [2.24, 2.45) is 0 Å². The van der Waals surface area contributed by atoms with Crippen molar-refractivity contribution >= 4 is 28.4 Å². The van der Waals surface area contributed by atoms with Gasteiger partial charge >= 0.3 is 5.97 Å². The van der Waals surface area contributed by atoms with E-state index in [1.165, 1.54) is 23.9 Å². The van der Waals surface area contributed by atoms with Crippen molar-refractivity contribution in [3.05, 3.63) is 71.4 Å². The van der Waals surface area contributed by atoms with Gasteiger partial charge in [-0.1, -0.05) is 12.1 Å². The van der Waals surface area contributed by atoms with Gasteiger partial charge in [-0.05, 0) is 31.2 Å². The van der Waals surface area contributed by atoms with Crippen LogP contribution in [0, 0.1) is 11.6 Å². The highest BCUT2D eigenvalue weighted by atomic mass is 19.1. The standard InChI is InChI=1S/C22H19F2NO5/c1-3-30-22(28)19(27)10-18(26)14-12-25(11-13-15(23)6-4-7-16(13)24)17-8-5-9-20(29-2)21(14)17/h4-10,12,26H,3,11H2,1-2H3/b18-10+. The summed E-state index contributed by atoms with van der Waals surface area (Å²) < 4.78 is 39.8. The second-order valence-electron chi connectivity index (χ2n) is 6.34. The van der Waals surface area contributed by atoms with Crippen molar-refractivity contribution in [2.75, 3.05) is 13.7 Å². The number of aliphatic hydroxyl groups excluding tert-OH is 1. The molecular weight excluding hydrogens is 396 g/mol. The maximum Gasteiger partial charge on any atom is 0.379 e. The van der Waals surface area contributed by atoms with E-state index < -0.39 is 29.1 Å². The summed E-state index contributed by atoms with van der Waals surface area (Å²) in [6, 6.07) is 8.58. The van der Waals surface area contributed by atoms with Crippen LogP contribution in [-0.4, -0.2) is 35.1 Å². The van der Waals surface area contributed by atoms with Gasteiger partial charge in [0.05, 0.1) is 31.2 Å². The van der Waals surface area contributed by atoms with Crippen LogP contribution >= 0.6 is 0 Å². The van der Waals surface area contributed by atoms with Gasteiger partial charge in [0.2, 0.25) is 0 Å². The SMILES string of the molecule is CCOC(=O)C(=O)/C=C(/O)c1cn(Cc2c(F)cccc2F)c2cccc(OC)c12. The van der Waals surface area contributed by atoms with Crippen molar-refractivity contribution in [3.63, 3.8) is 0 Å². The lowest BCUT2D eigenvalue weighted by Gasteiger charge is -2.08. The zero-order chi connectivity index (χ0) is 21.8. The molecule has 0 spiro atoms. The summed E-state index contributed by atoms with van der Waals surface area (Å²) in [5.41, 5.74) is 0.516. The third-order valence-electron chi connectivity index (χ3n) is 4.50. The van der Waals surface area contributed by atoms with Crippen LogP contribution in [0.2, 0.25) is 0 Å². The summed E-state index contributed by atoms with van der Waals surface area (Å²) in [5.74, 6) is -3.69. The molecule has 8 heteroatoms. The third-order valence-corrected chi connectivity index (χ3v) is 4.50. The van der Waals surface area contributed by atoms with Gasteiger partial charge in [-0.3, -0.25) is 4.79 Å². The van der Waals surface area contributed by atoms with Crippen LogP contribution in [0.15, 0.2) is 48.7 Å². The van der Waals surface area contributed by atoms with E-state index in [2.05, 4.69) is 4.74 Å². The summed E-state index contributed by atoms with van der Waals surface area (Å²) in [4.78, 5) is 23.5. The zero-order valence-corrected chi connectivity index (χ0v) is 16.3. The average Bonchev–Trinajstić information content (AvgIpc) is 3.09. The van der Waals surface area contributed by atoms with Gasteiger partial charge in [0.25, 0.3) is 5.78 Å². The van der Waals surface area contributed by atoms with E-state index in [4.69, 9.17) is 4.74 Å². The summed E-state index contributed by atoms with van der Waals surface area (Å²) in [5, 5.41) is 10.9. The molecule has 156 valence electrons. The quantitative estimate of drug-likeness (QED) is 0.273. The number of carbonyl (C=O) groups is 2. The Morgan fingerprint density at radius 3 is 2.43 bits per heavy atom. The van der Waals surface area contributed by atoms with Gasteiger partial charge in [-0.15, -0.1) is 0 Å². The fourth-order valence-electron chi connectivity index (χ4n) is 3.13. The number of fused-ring (bicyclic) bond motifs is 1. The monoisotopic (exact) mass is 415 g/mol. The molecule has 3 aromatic rings. The molecule has 3 rings (SSSR count). The van der Waals surface area contributed by atoms with E-state index in [0.29, 0.717) is 16.7 Å². The Morgan fingerprint density at radius 1 is 1.13 bits per heavy atom. The number of halogens is 2. The lowest BCUT2D eigenvalue weighted by molar-refractivity contribution is -0.151. The molecule has 0 fully saturated rings. The lowest BCUT2D eigenvalue weighted by atomic mass is 10.1. The van der Waals surface area contributed by atoms with E-state index in [-0.39, 0.29) is 24.3 Å². The average molecular weight is 415 g/mol. The fraction of sp³-hybridized carbons (Fsp3) is 0.182. The number of hydrogen-bond donors (Lipinski definition) is 1. The third kappa shape index (κ3) is 4.03. The molecule has 0 saturated carbocycles. The molecule has 0 unspecified atom stereocenters. The van der Waals surface area contributed by atoms with Crippen LogP contribution in [0.25, 0.3) is 16.7 Å². The minimum Gasteiger partial charge on any atom is -0.507 e. The number of methoxy groups -OCH3 is 1. The number of aliphatic hydroxyl groups is 1. The van der Waals surface area contributed by atoms with Crippen LogP contribution < -0.4 is 4.74 Å². The molecule has 2 aromatic carbocycles. The van der Waals surface area contributed by atoms with E-state index in [1.54, 1.807) is 25.1 Å². The summed E-state index contributed by atoms with van der Waals surface area (Å²) in [6.07, 6.45) is 2.18. The van der Waals surface area contributed by atoms with Crippen LogP contribution in [0.3, 0.4) is 0 Å². The Balaban J connectivity index is 2.13. The molecule has 1 N–H and O–H groups in total. The molecule has 0 aliphatic carbocycles. The number of benzene rings is 2. The van der Waals surface area contributed by atoms with Gasteiger partial charge in [0, 0.05) is 23.4 Å². The number of esters is 1. The first kappa shape index (κ1) is 21.0. The Morgan fingerprint density at radius 2 is 1.80 bits per heavy atom. The minimum atomic E-state index is -1.10. The molecule has 0 aliphatic rings.